The predicted molar refractivity (Wildman–Crippen MR) is 184 cm³/mol. The highest BCUT2D eigenvalue weighted by Crippen LogP contribution is 2.30. The maximum absolute atomic E-state index is 14.5. The number of nitrogens with two attached hydrogens (primary N) is 1. The number of hydrogen-bond acceptors (Lipinski definition) is 10. The van der Waals surface area contributed by atoms with E-state index in [0.29, 0.717) is 78.5 Å². The van der Waals surface area contributed by atoms with Crippen molar-refractivity contribution in [3.05, 3.63) is 48.0 Å². The lowest BCUT2D eigenvalue weighted by Gasteiger charge is -2.29. The van der Waals surface area contributed by atoms with Crippen molar-refractivity contribution in [2.75, 3.05) is 95.0 Å². The van der Waals surface area contributed by atoms with E-state index < -0.39 is 62.9 Å². The molecule has 19 heteroatoms. The molecule has 2 aromatic rings. The number of rotatable bonds is 8. The number of carbonyl (C=O) groups is 2. The number of ether oxygens (including phenoxy) is 2. The number of alkyl halides is 2. The van der Waals surface area contributed by atoms with Gasteiger partial charge in [0.05, 0.1) is 42.4 Å². The fourth-order valence-electron chi connectivity index (χ4n) is 5.58. The number of hydrogen-bond donors (Lipinski definition) is 2. The average molecular weight is 749 g/mol. The van der Waals surface area contributed by atoms with Gasteiger partial charge in [-0.1, -0.05) is 12.2 Å². The maximum Gasteiger partial charge on any atom is 0.414 e. The first-order valence-electron chi connectivity index (χ1n) is 15.4. The van der Waals surface area contributed by atoms with Gasteiger partial charge in [0.25, 0.3) is 6.43 Å². The standard InChI is InChI=1S/C16H18F3N3O3S2.C14H18FN3O3S/c17-12-7-10(1-2-13(12)21-3-5-27(24)6-4-21)22-9-11(25-16(22)23)8-20-15(26)14(18)19;15-12-7-10(18-9-11(8-16)21-14(18)19)1-2-13(12)17-3-5-22(20)6-4-17/h1-2,7,11,14H,3-6,8-9H2,(H,20,26);1-2,7,11H,3-6,8-9,16H2/t2*11-/m00/s1. The highest BCUT2D eigenvalue weighted by molar-refractivity contribution is 7.85. The van der Waals surface area contributed by atoms with Crippen LogP contribution >= 0.6 is 12.2 Å². The molecule has 0 spiro atoms. The second kappa shape index (κ2) is 16.4. The monoisotopic (exact) mass is 748 g/mol. The molecule has 2 atom stereocenters. The summed E-state index contributed by atoms with van der Waals surface area (Å²) in [4.78, 5) is 29.5. The van der Waals surface area contributed by atoms with Gasteiger partial charge in [-0.2, -0.15) is 0 Å². The number of benzene rings is 2. The molecule has 0 bridgehead atoms. The van der Waals surface area contributed by atoms with Gasteiger partial charge in [0.1, 0.15) is 28.8 Å². The Bertz CT molecular complexity index is 1590. The van der Waals surface area contributed by atoms with E-state index in [9.17, 15) is 35.6 Å². The molecule has 49 heavy (non-hydrogen) atoms. The van der Waals surface area contributed by atoms with E-state index in [-0.39, 0.29) is 25.7 Å². The Kier molecular flexibility index (Phi) is 12.3. The van der Waals surface area contributed by atoms with Crippen molar-refractivity contribution >= 4 is 73.7 Å². The SMILES string of the molecule is NC[C@H]1CN(c2ccc(N3CCS(=O)CC3)c(F)c2)C(=O)O1.O=C1O[C@@H](CNC(=S)C(F)F)CN1c1ccc(N2CCS(=O)CC2)c(F)c1. The lowest BCUT2D eigenvalue weighted by molar-refractivity contribution is 0.141. The minimum absolute atomic E-state index is 0.0447. The average Bonchev–Trinajstić information content (AvgIpc) is 3.66. The van der Waals surface area contributed by atoms with Crippen molar-refractivity contribution in [2.24, 2.45) is 5.73 Å². The largest absolute Gasteiger partial charge is 0.443 e. The molecule has 0 aromatic heterocycles. The van der Waals surface area contributed by atoms with Gasteiger partial charge in [0.2, 0.25) is 0 Å². The molecule has 4 aliphatic heterocycles. The Morgan fingerprint density at radius 3 is 1.63 bits per heavy atom. The van der Waals surface area contributed by atoms with Gasteiger partial charge in [0.15, 0.2) is 0 Å². The molecule has 0 radical (unpaired) electrons. The third kappa shape index (κ3) is 9.17. The van der Waals surface area contributed by atoms with E-state index in [4.69, 9.17) is 15.2 Å². The molecular formula is C30H36F4N6O6S3. The number of anilines is 4. The zero-order chi connectivity index (χ0) is 35.2. The highest BCUT2D eigenvalue weighted by Gasteiger charge is 2.34. The summed E-state index contributed by atoms with van der Waals surface area (Å²) < 4.78 is 86.7. The van der Waals surface area contributed by atoms with Crippen LogP contribution in [0.2, 0.25) is 0 Å². The van der Waals surface area contributed by atoms with E-state index in [1.165, 1.54) is 21.9 Å². The summed E-state index contributed by atoms with van der Waals surface area (Å²) in [5.74, 6) is 1.21. The molecule has 4 fully saturated rings. The molecule has 4 saturated heterocycles. The van der Waals surface area contributed by atoms with Crippen molar-refractivity contribution < 1.29 is 45.0 Å². The maximum atomic E-state index is 14.5. The first-order chi connectivity index (χ1) is 23.4. The second-order valence-electron chi connectivity index (χ2n) is 11.5. The summed E-state index contributed by atoms with van der Waals surface area (Å²) in [6.45, 7) is 2.78. The lowest BCUT2D eigenvalue weighted by Crippen LogP contribution is -2.38. The molecule has 0 saturated carbocycles. The molecule has 0 aliphatic carbocycles. The molecule has 0 unspecified atom stereocenters. The van der Waals surface area contributed by atoms with Gasteiger partial charge in [-0.15, -0.1) is 0 Å². The van der Waals surface area contributed by atoms with Crippen molar-refractivity contribution in [2.45, 2.75) is 18.6 Å². The van der Waals surface area contributed by atoms with E-state index >= 15 is 0 Å². The van der Waals surface area contributed by atoms with Crippen molar-refractivity contribution in [1.29, 1.82) is 0 Å². The minimum Gasteiger partial charge on any atom is -0.443 e. The van der Waals surface area contributed by atoms with Gasteiger partial charge in [-0.3, -0.25) is 18.2 Å². The molecule has 2 aromatic carbocycles. The minimum atomic E-state index is -2.78. The van der Waals surface area contributed by atoms with E-state index in [0.717, 1.165) is 0 Å². The molecule has 268 valence electrons. The summed E-state index contributed by atoms with van der Waals surface area (Å²) in [5.41, 5.74) is 7.14. The van der Waals surface area contributed by atoms with Crippen LogP contribution in [0, 0.1) is 11.6 Å². The summed E-state index contributed by atoms with van der Waals surface area (Å²) in [6.07, 6.45) is -4.98. The number of halogens is 4. The second-order valence-corrected chi connectivity index (χ2v) is 15.3. The van der Waals surface area contributed by atoms with Crippen LogP contribution in [0.5, 0.6) is 0 Å². The predicted octanol–water partition coefficient (Wildman–Crippen LogP) is 2.58. The van der Waals surface area contributed by atoms with Gasteiger partial charge >= 0.3 is 12.2 Å². The topological polar surface area (TPSA) is 138 Å². The molecule has 4 heterocycles. The van der Waals surface area contributed by atoms with Crippen LogP contribution in [0.15, 0.2) is 36.4 Å². The first kappa shape index (κ1) is 36.7. The lowest BCUT2D eigenvalue weighted by atomic mass is 10.2. The summed E-state index contributed by atoms with van der Waals surface area (Å²) in [7, 11) is -1.66. The van der Waals surface area contributed by atoms with E-state index in [1.54, 1.807) is 24.3 Å². The molecule has 12 nitrogen and oxygen atoms in total. The van der Waals surface area contributed by atoms with Crippen molar-refractivity contribution in [3.8, 4) is 0 Å². The Morgan fingerprint density at radius 1 is 0.816 bits per heavy atom. The summed E-state index contributed by atoms with van der Waals surface area (Å²) in [6, 6.07) is 9.10. The van der Waals surface area contributed by atoms with Crippen LogP contribution in [-0.4, -0.2) is 120 Å². The number of cyclic esters (lactones) is 2. The number of thiocarbonyl (C=S) groups is 1. The van der Waals surface area contributed by atoms with E-state index in [1.807, 2.05) is 9.80 Å². The third-order valence-corrected chi connectivity index (χ3v) is 11.1. The Hall–Kier alpha value is -3.55. The van der Waals surface area contributed by atoms with Crippen LogP contribution in [-0.2, 0) is 31.1 Å². The number of nitrogens with zero attached hydrogens (tertiary/aromatic N) is 4. The Morgan fingerprint density at radius 2 is 1.24 bits per heavy atom. The fourth-order valence-corrected chi connectivity index (χ4v) is 7.77. The Labute approximate surface area is 290 Å². The van der Waals surface area contributed by atoms with Gasteiger partial charge < -0.3 is 30.3 Å². The molecule has 3 N–H and O–H groups in total. The smallest absolute Gasteiger partial charge is 0.414 e. The van der Waals surface area contributed by atoms with Crippen molar-refractivity contribution in [1.82, 2.24) is 5.32 Å². The highest BCUT2D eigenvalue weighted by atomic mass is 32.2. The van der Waals surface area contributed by atoms with Crippen LogP contribution in [0.4, 0.5) is 49.9 Å². The molecule has 6 rings (SSSR count). The van der Waals surface area contributed by atoms with Gasteiger partial charge in [-0.25, -0.2) is 27.2 Å². The van der Waals surface area contributed by atoms with Crippen LogP contribution in [0.25, 0.3) is 0 Å². The zero-order valence-corrected chi connectivity index (χ0v) is 28.7. The quantitative estimate of drug-likeness (QED) is 0.305. The summed E-state index contributed by atoms with van der Waals surface area (Å²) >= 11 is 4.48. The summed E-state index contributed by atoms with van der Waals surface area (Å²) in [5, 5.41) is 2.36. The number of nitrogens with one attached hydrogen (secondary N) is 1. The van der Waals surface area contributed by atoms with Crippen molar-refractivity contribution in [3.63, 3.8) is 0 Å². The number of amides is 2. The number of carbonyl (C=O) groups excluding carboxylic acids is 2. The van der Waals surface area contributed by atoms with Crippen LogP contribution < -0.4 is 30.7 Å². The Balaban J connectivity index is 0.000000195. The molecule has 2 amide bonds. The fraction of sp³-hybridized carbons (Fsp3) is 0.500. The first-order valence-corrected chi connectivity index (χ1v) is 18.8. The molecule has 4 aliphatic rings. The van der Waals surface area contributed by atoms with E-state index in [2.05, 4.69) is 17.5 Å². The van der Waals surface area contributed by atoms with Gasteiger partial charge in [0, 0.05) is 77.3 Å². The normalized spacial score (nSPS) is 21.8. The van der Waals surface area contributed by atoms with Crippen LogP contribution in [0.1, 0.15) is 0 Å². The third-order valence-electron chi connectivity index (χ3n) is 8.24. The zero-order valence-electron chi connectivity index (χ0n) is 26.2. The molecular weight excluding hydrogens is 713 g/mol. The van der Waals surface area contributed by atoms with Crippen LogP contribution in [0.3, 0.4) is 0 Å². The van der Waals surface area contributed by atoms with Gasteiger partial charge in [-0.05, 0) is 36.4 Å².